The molecule has 0 radical (unpaired) electrons. The van der Waals surface area contributed by atoms with Gasteiger partial charge in [-0.25, -0.2) is 0 Å². The van der Waals surface area contributed by atoms with E-state index >= 15 is 0 Å². The van der Waals surface area contributed by atoms with Crippen molar-refractivity contribution in [2.24, 2.45) is 5.92 Å². The van der Waals surface area contributed by atoms with Crippen molar-refractivity contribution < 1.29 is 0 Å². The lowest BCUT2D eigenvalue weighted by molar-refractivity contribution is 0.241. The average molecular weight is 184 g/mol. The SMILES string of the molecule is CCN(CC)CC1CCCNCC1. The van der Waals surface area contributed by atoms with Gasteiger partial charge in [-0.15, -0.1) is 0 Å². The molecule has 0 bridgehead atoms. The Morgan fingerprint density at radius 3 is 2.62 bits per heavy atom. The Kier molecular flexibility index (Phi) is 5.40. The van der Waals surface area contributed by atoms with Crippen molar-refractivity contribution in [3.05, 3.63) is 0 Å². The average Bonchev–Trinajstić information content (AvgIpc) is 2.42. The van der Waals surface area contributed by atoms with Crippen LogP contribution in [0.5, 0.6) is 0 Å². The Hall–Kier alpha value is -0.0800. The standard InChI is InChI=1S/C11H24N2/c1-3-13(4-2)10-11-6-5-8-12-9-7-11/h11-12H,3-10H2,1-2H3. The van der Waals surface area contributed by atoms with Crippen molar-refractivity contribution in [3.8, 4) is 0 Å². The Balaban J connectivity index is 2.24. The van der Waals surface area contributed by atoms with E-state index in [1.807, 2.05) is 0 Å². The van der Waals surface area contributed by atoms with Crippen LogP contribution in [0, 0.1) is 5.92 Å². The third kappa shape index (κ3) is 4.10. The van der Waals surface area contributed by atoms with E-state index in [0.29, 0.717) is 0 Å². The molecule has 0 aromatic rings. The molecular weight excluding hydrogens is 160 g/mol. The minimum atomic E-state index is 0.940. The highest BCUT2D eigenvalue weighted by molar-refractivity contribution is 4.70. The zero-order chi connectivity index (χ0) is 9.52. The summed E-state index contributed by atoms with van der Waals surface area (Å²) in [4.78, 5) is 2.55. The zero-order valence-electron chi connectivity index (χ0n) is 9.18. The van der Waals surface area contributed by atoms with E-state index in [-0.39, 0.29) is 0 Å². The molecule has 0 aromatic carbocycles. The molecule has 1 fully saturated rings. The summed E-state index contributed by atoms with van der Waals surface area (Å²) in [5.74, 6) is 0.940. The summed E-state index contributed by atoms with van der Waals surface area (Å²) < 4.78 is 0. The predicted octanol–water partition coefficient (Wildman–Crippen LogP) is 1.72. The first-order valence-corrected chi connectivity index (χ1v) is 5.79. The van der Waals surface area contributed by atoms with Gasteiger partial charge in [0.05, 0.1) is 0 Å². The fourth-order valence-corrected chi connectivity index (χ4v) is 2.12. The maximum atomic E-state index is 3.47. The van der Waals surface area contributed by atoms with Crippen LogP contribution in [0.2, 0.25) is 0 Å². The summed E-state index contributed by atoms with van der Waals surface area (Å²) in [5, 5.41) is 3.47. The van der Waals surface area contributed by atoms with Gasteiger partial charge in [0.25, 0.3) is 0 Å². The largest absolute Gasteiger partial charge is 0.317 e. The van der Waals surface area contributed by atoms with Crippen molar-refractivity contribution in [1.29, 1.82) is 0 Å². The molecular formula is C11H24N2. The van der Waals surface area contributed by atoms with E-state index in [4.69, 9.17) is 0 Å². The van der Waals surface area contributed by atoms with Crippen molar-refractivity contribution in [2.75, 3.05) is 32.7 Å². The van der Waals surface area contributed by atoms with Gasteiger partial charge in [0, 0.05) is 6.54 Å². The molecule has 0 amide bonds. The van der Waals surface area contributed by atoms with Gasteiger partial charge in [0.1, 0.15) is 0 Å². The Bertz CT molecular complexity index is 113. The molecule has 1 aliphatic rings. The topological polar surface area (TPSA) is 15.3 Å². The number of hydrogen-bond acceptors (Lipinski definition) is 2. The molecule has 1 heterocycles. The second-order valence-electron chi connectivity index (χ2n) is 4.03. The summed E-state index contributed by atoms with van der Waals surface area (Å²) in [6.45, 7) is 10.7. The molecule has 1 atom stereocenters. The first-order chi connectivity index (χ1) is 6.36. The quantitative estimate of drug-likeness (QED) is 0.715. The number of rotatable bonds is 4. The van der Waals surface area contributed by atoms with Crippen LogP contribution in [0.25, 0.3) is 0 Å². The minimum Gasteiger partial charge on any atom is -0.317 e. The van der Waals surface area contributed by atoms with E-state index in [1.54, 1.807) is 0 Å². The molecule has 1 aliphatic heterocycles. The van der Waals surface area contributed by atoms with E-state index in [0.717, 1.165) is 5.92 Å². The third-order valence-corrected chi connectivity index (χ3v) is 3.11. The number of nitrogens with one attached hydrogen (secondary N) is 1. The van der Waals surface area contributed by atoms with Gasteiger partial charge in [-0.2, -0.15) is 0 Å². The molecule has 1 rings (SSSR count). The zero-order valence-corrected chi connectivity index (χ0v) is 9.18. The summed E-state index contributed by atoms with van der Waals surface area (Å²) in [6.07, 6.45) is 4.16. The van der Waals surface area contributed by atoms with E-state index in [2.05, 4.69) is 24.1 Å². The minimum absolute atomic E-state index is 0.940. The number of nitrogens with zero attached hydrogens (tertiary/aromatic N) is 1. The second kappa shape index (κ2) is 6.39. The normalized spacial score (nSPS) is 24.7. The van der Waals surface area contributed by atoms with E-state index in [9.17, 15) is 0 Å². The highest BCUT2D eigenvalue weighted by Gasteiger charge is 2.13. The smallest absolute Gasteiger partial charge is 0.000991 e. The summed E-state index contributed by atoms with van der Waals surface area (Å²) >= 11 is 0. The summed E-state index contributed by atoms with van der Waals surface area (Å²) in [6, 6.07) is 0. The molecule has 0 saturated carbocycles. The van der Waals surface area contributed by atoms with Crippen molar-refractivity contribution >= 4 is 0 Å². The van der Waals surface area contributed by atoms with Crippen LogP contribution in [0.4, 0.5) is 0 Å². The first-order valence-electron chi connectivity index (χ1n) is 5.79. The van der Waals surface area contributed by atoms with Crippen LogP contribution < -0.4 is 5.32 Å². The molecule has 2 nitrogen and oxygen atoms in total. The van der Waals surface area contributed by atoms with Gasteiger partial charge in [-0.05, 0) is 51.4 Å². The maximum Gasteiger partial charge on any atom is 0.000991 e. The molecule has 1 N–H and O–H groups in total. The molecule has 2 heteroatoms. The van der Waals surface area contributed by atoms with Gasteiger partial charge in [-0.3, -0.25) is 0 Å². The van der Waals surface area contributed by atoms with Crippen LogP contribution in [0.3, 0.4) is 0 Å². The number of hydrogen-bond donors (Lipinski definition) is 1. The highest BCUT2D eigenvalue weighted by atomic mass is 15.1. The fourth-order valence-electron chi connectivity index (χ4n) is 2.12. The van der Waals surface area contributed by atoms with Crippen LogP contribution >= 0.6 is 0 Å². The molecule has 1 unspecified atom stereocenters. The molecule has 1 saturated heterocycles. The lowest BCUT2D eigenvalue weighted by Gasteiger charge is -2.23. The molecule has 0 aliphatic carbocycles. The highest BCUT2D eigenvalue weighted by Crippen LogP contribution is 2.14. The van der Waals surface area contributed by atoms with Gasteiger partial charge < -0.3 is 10.2 Å². The first kappa shape index (κ1) is 11.0. The lowest BCUT2D eigenvalue weighted by atomic mass is 10.00. The second-order valence-corrected chi connectivity index (χ2v) is 4.03. The third-order valence-electron chi connectivity index (χ3n) is 3.11. The van der Waals surface area contributed by atoms with Crippen LogP contribution in [0.1, 0.15) is 33.1 Å². The van der Waals surface area contributed by atoms with Gasteiger partial charge >= 0.3 is 0 Å². The van der Waals surface area contributed by atoms with Crippen LogP contribution in [-0.2, 0) is 0 Å². The van der Waals surface area contributed by atoms with Gasteiger partial charge in [0.15, 0.2) is 0 Å². The van der Waals surface area contributed by atoms with Crippen molar-refractivity contribution in [3.63, 3.8) is 0 Å². The molecule has 0 aromatic heterocycles. The molecule has 13 heavy (non-hydrogen) atoms. The van der Waals surface area contributed by atoms with E-state index < -0.39 is 0 Å². The van der Waals surface area contributed by atoms with Gasteiger partial charge in [-0.1, -0.05) is 13.8 Å². The summed E-state index contributed by atoms with van der Waals surface area (Å²) in [5.41, 5.74) is 0. The monoisotopic (exact) mass is 184 g/mol. The van der Waals surface area contributed by atoms with Crippen molar-refractivity contribution in [2.45, 2.75) is 33.1 Å². The Morgan fingerprint density at radius 2 is 1.92 bits per heavy atom. The molecule has 78 valence electrons. The lowest BCUT2D eigenvalue weighted by Crippen LogP contribution is -2.29. The predicted molar refractivity (Wildman–Crippen MR) is 58.0 cm³/mol. The Morgan fingerprint density at radius 1 is 1.15 bits per heavy atom. The van der Waals surface area contributed by atoms with Gasteiger partial charge in [0.2, 0.25) is 0 Å². The Labute approximate surface area is 82.7 Å². The fraction of sp³-hybridized carbons (Fsp3) is 1.00. The molecule has 0 spiro atoms. The van der Waals surface area contributed by atoms with Crippen molar-refractivity contribution in [1.82, 2.24) is 10.2 Å². The van der Waals surface area contributed by atoms with Crippen LogP contribution in [0.15, 0.2) is 0 Å². The summed E-state index contributed by atoms with van der Waals surface area (Å²) in [7, 11) is 0. The van der Waals surface area contributed by atoms with Crippen LogP contribution in [-0.4, -0.2) is 37.6 Å². The maximum absolute atomic E-state index is 3.47. The van der Waals surface area contributed by atoms with E-state index in [1.165, 1.54) is 52.0 Å².